The van der Waals surface area contributed by atoms with Crippen LogP contribution in [-0.2, 0) is 10.0 Å². The first-order chi connectivity index (χ1) is 12.8. The zero-order valence-electron chi connectivity index (χ0n) is 14.8. The molecule has 0 aliphatic heterocycles. The van der Waals surface area contributed by atoms with E-state index < -0.39 is 15.8 Å². The lowest BCUT2D eigenvalue weighted by molar-refractivity contribution is 0.582. The number of imidazole rings is 1. The molecular formula is C17H19FN6O2S. The Labute approximate surface area is 156 Å². The van der Waals surface area contributed by atoms with Gasteiger partial charge in [-0.15, -0.1) is 0 Å². The van der Waals surface area contributed by atoms with E-state index in [4.69, 9.17) is 0 Å². The minimum atomic E-state index is -3.69. The summed E-state index contributed by atoms with van der Waals surface area (Å²) in [5.74, 6) is 2.14. The van der Waals surface area contributed by atoms with Gasteiger partial charge in [0.15, 0.2) is 0 Å². The first kappa shape index (κ1) is 18.9. The van der Waals surface area contributed by atoms with Crippen molar-refractivity contribution in [2.75, 3.05) is 18.4 Å². The Morgan fingerprint density at radius 3 is 2.52 bits per heavy atom. The molecule has 0 radical (unpaired) electrons. The zero-order chi connectivity index (χ0) is 19.4. The van der Waals surface area contributed by atoms with Crippen molar-refractivity contribution in [3.8, 4) is 5.82 Å². The third-order valence-electron chi connectivity index (χ3n) is 3.74. The molecule has 0 bridgehead atoms. The van der Waals surface area contributed by atoms with Gasteiger partial charge < -0.3 is 5.32 Å². The van der Waals surface area contributed by atoms with Crippen molar-refractivity contribution in [3.05, 3.63) is 60.2 Å². The van der Waals surface area contributed by atoms with E-state index in [1.54, 1.807) is 25.4 Å². The summed E-state index contributed by atoms with van der Waals surface area (Å²) in [6, 6.07) is 6.42. The zero-order valence-corrected chi connectivity index (χ0v) is 15.7. The van der Waals surface area contributed by atoms with E-state index >= 15 is 0 Å². The van der Waals surface area contributed by atoms with Crippen LogP contribution in [-0.4, -0.2) is 41.0 Å². The predicted molar refractivity (Wildman–Crippen MR) is 98.7 cm³/mol. The first-order valence-corrected chi connectivity index (χ1v) is 9.68. The molecule has 2 N–H and O–H groups in total. The SMILES string of the molecule is Cc1nc(NCCNS(=O)(=O)c2ccc(F)cc2)cc(-n2ccnc2C)n1. The van der Waals surface area contributed by atoms with E-state index in [1.165, 1.54) is 12.1 Å². The number of rotatable bonds is 7. The molecule has 0 amide bonds. The van der Waals surface area contributed by atoms with Crippen molar-refractivity contribution in [1.29, 1.82) is 0 Å². The van der Waals surface area contributed by atoms with Crippen LogP contribution >= 0.6 is 0 Å². The van der Waals surface area contributed by atoms with Gasteiger partial charge >= 0.3 is 0 Å². The van der Waals surface area contributed by atoms with E-state index in [0.29, 0.717) is 24.0 Å². The highest BCUT2D eigenvalue weighted by Gasteiger charge is 2.13. The Morgan fingerprint density at radius 2 is 1.85 bits per heavy atom. The van der Waals surface area contributed by atoms with Gasteiger partial charge in [-0.1, -0.05) is 0 Å². The molecular weight excluding hydrogens is 371 g/mol. The Hall–Kier alpha value is -2.85. The fraction of sp³-hybridized carbons (Fsp3) is 0.235. The fourth-order valence-corrected chi connectivity index (χ4v) is 3.49. The summed E-state index contributed by atoms with van der Waals surface area (Å²) in [5, 5.41) is 3.07. The van der Waals surface area contributed by atoms with Crippen LogP contribution in [0.1, 0.15) is 11.6 Å². The van der Waals surface area contributed by atoms with Gasteiger partial charge in [-0.25, -0.2) is 32.5 Å². The summed E-state index contributed by atoms with van der Waals surface area (Å²) in [4.78, 5) is 12.9. The molecule has 27 heavy (non-hydrogen) atoms. The molecule has 142 valence electrons. The van der Waals surface area contributed by atoms with Gasteiger partial charge in [-0.05, 0) is 38.1 Å². The van der Waals surface area contributed by atoms with Gasteiger partial charge in [0, 0.05) is 31.5 Å². The number of hydrogen-bond acceptors (Lipinski definition) is 6. The summed E-state index contributed by atoms with van der Waals surface area (Å²) >= 11 is 0. The fourth-order valence-electron chi connectivity index (χ4n) is 2.46. The average Bonchev–Trinajstić information content (AvgIpc) is 3.05. The standard InChI is InChI=1S/C17H19FN6O2S/c1-12-22-16(11-17(23-12)24-10-9-19-13(24)2)20-7-8-21-27(25,26)15-5-3-14(18)4-6-15/h3-6,9-11,21H,7-8H2,1-2H3,(H,20,22,23). The highest BCUT2D eigenvalue weighted by Crippen LogP contribution is 2.13. The number of sulfonamides is 1. The minimum Gasteiger partial charge on any atom is -0.369 e. The molecule has 0 atom stereocenters. The summed E-state index contributed by atoms with van der Waals surface area (Å²) in [5.41, 5.74) is 0. The lowest BCUT2D eigenvalue weighted by atomic mass is 10.4. The van der Waals surface area contributed by atoms with Crippen LogP contribution in [0.2, 0.25) is 0 Å². The lowest BCUT2D eigenvalue weighted by Crippen LogP contribution is -2.29. The van der Waals surface area contributed by atoms with E-state index in [0.717, 1.165) is 18.0 Å². The molecule has 0 spiro atoms. The molecule has 0 saturated heterocycles. The number of aromatic nitrogens is 4. The monoisotopic (exact) mass is 390 g/mol. The second kappa shape index (κ2) is 7.80. The topological polar surface area (TPSA) is 102 Å². The Bertz CT molecular complexity index is 1030. The summed E-state index contributed by atoms with van der Waals surface area (Å²) in [7, 11) is -3.69. The molecule has 2 aromatic heterocycles. The Kier molecular flexibility index (Phi) is 5.47. The minimum absolute atomic E-state index is 0.0136. The molecule has 10 heteroatoms. The Balaban J connectivity index is 1.61. The number of nitrogens with zero attached hydrogens (tertiary/aromatic N) is 4. The van der Waals surface area contributed by atoms with Crippen LogP contribution in [0.25, 0.3) is 5.82 Å². The summed E-state index contributed by atoms with van der Waals surface area (Å²) in [6.45, 7) is 4.11. The van der Waals surface area contributed by atoms with Gasteiger partial charge in [-0.2, -0.15) is 0 Å². The van der Waals surface area contributed by atoms with Crippen LogP contribution in [0.15, 0.2) is 47.6 Å². The highest BCUT2D eigenvalue weighted by molar-refractivity contribution is 7.89. The van der Waals surface area contributed by atoms with Gasteiger partial charge in [0.2, 0.25) is 10.0 Å². The third kappa shape index (κ3) is 4.66. The van der Waals surface area contributed by atoms with Crippen LogP contribution in [0, 0.1) is 19.7 Å². The van der Waals surface area contributed by atoms with Crippen molar-refractivity contribution in [1.82, 2.24) is 24.2 Å². The molecule has 0 aliphatic carbocycles. The number of aryl methyl sites for hydroxylation is 2. The van der Waals surface area contributed by atoms with Crippen LogP contribution in [0.3, 0.4) is 0 Å². The molecule has 3 aromatic rings. The number of hydrogen-bond donors (Lipinski definition) is 2. The maximum Gasteiger partial charge on any atom is 0.240 e. The van der Waals surface area contributed by atoms with Crippen molar-refractivity contribution >= 4 is 15.8 Å². The van der Waals surface area contributed by atoms with Gasteiger partial charge in [0.1, 0.15) is 29.1 Å². The van der Waals surface area contributed by atoms with Gasteiger partial charge in [0.25, 0.3) is 0 Å². The van der Waals surface area contributed by atoms with E-state index in [-0.39, 0.29) is 11.4 Å². The van der Waals surface area contributed by atoms with E-state index in [9.17, 15) is 12.8 Å². The number of halogens is 1. The van der Waals surface area contributed by atoms with Crippen molar-refractivity contribution < 1.29 is 12.8 Å². The number of anilines is 1. The molecule has 0 fully saturated rings. The Morgan fingerprint density at radius 1 is 1.11 bits per heavy atom. The average molecular weight is 390 g/mol. The van der Waals surface area contributed by atoms with Crippen LogP contribution < -0.4 is 10.0 Å². The van der Waals surface area contributed by atoms with Gasteiger partial charge in [-0.3, -0.25) is 4.57 Å². The maximum atomic E-state index is 12.9. The predicted octanol–water partition coefficient (Wildman–Crippen LogP) is 1.81. The molecule has 0 unspecified atom stereocenters. The smallest absolute Gasteiger partial charge is 0.240 e. The second-order valence-corrected chi connectivity index (χ2v) is 7.55. The van der Waals surface area contributed by atoms with Gasteiger partial charge in [0.05, 0.1) is 4.90 Å². The molecule has 0 saturated carbocycles. The van der Waals surface area contributed by atoms with E-state index in [1.807, 2.05) is 11.5 Å². The van der Waals surface area contributed by atoms with Crippen molar-refractivity contribution in [2.45, 2.75) is 18.7 Å². The van der Waals surface area contributed by atoms with Crippen LogP contribution in [0.5, 0.6) is 0 Å². The normalized spacial score (nSPS) is 11.5. The lowest BCUT2D eigenvalue weighted by Gasteiger charge is -2.11. The second-order valence-electron chi connectivity index (χ2n) is 5.78. The first-order valence-electron chi connectivity index (χ1n) is 8.20. The molecule has 8 nitrogen and oxygen atoms in total. The highest BCUT2D eigenvalue weighted by atomic mass is 32.2. The maximum absolute atomic E-state index is 12.9. The molecule has 2 heterocycles. The quantitative estimate of drug-likeness (QED) is 0.597. The molecule has 0 aliphatic rings. The number of nitrogens with one attached hydrogen (secondary N) is 2. The third-order valence-corrected chi connectivity index (χ3v) is 5.22. The van der Waals surface area contributed by atoms with Crippen LogP contribution in [0.4, 0.5) is 10.2 Å². The largest absolute Gasteiger partial charge is 0.369 e. The van der Waals surface area contributed by atoms with Crippen molar-refractivity contribution in [3.63, 3.8) is 0 Å². The summed E-state index contributed by atoms with van der Waals surface area (Å²) in [6.07, 6.45) is 3.49. The van der Waals surface area contributed by atoms with Crippen molar-refractivity contribution in [2.24, 2.45) is 0 Å². The number of benzene rings is 1. The van der Waals surface area contributed by atoms with E-state index in [2.05, 4.69) is 25.0 Å². The molecule has 3 rings (SSSR count). The summed E-state index contributed by atoms with van der Waals surface area (Å²) < 4.78 is 41.5. The molecule has 1 aromatic carbocycles.